The van der Waals surface area contributed by atoms with E-state index in [0.29, 0.717) is 24.6 Å². The van der Waals surface area contributed by atoms with E-state index in [0.717, 1.165) is 31.4 Å². The average molecular weight is 326 g/mol. The van der Waals surface area contributed by atoms with E-state index in [9.17, 15) is 9.59 Å². The molecule has 1 saturated heterocycles. The van der Waals surface area contributed by atoms with Crippen LogP contribution in [0.2, 0.25) is 0 Å². The molecule has 1 atom stereocenters. The molecule has 2 rings (SSSR count). The normalized spacial score (nSPS) is 18.0. The average Bonchev–Trinajstić information content (AvgIpc) is 2.96. The monoisotopic (exact) mass is 326 g/mol. The molecule has 122 valence electrons. The largest absolute Gasteiger partial charge is 0.453 e. The second kappa shape index (κ2) is 7.98. The minimum absolute atomic E-state index is 0.108. The van der Waals surface area contributed by atoms with Crippen molar-refractivity contribution < 1.29 is 14.3 Å². The van der Waals surface area contributed by atoms with Crippen LogP contribution < -0.4 is 11.1 Å². The molecule has 1 fully saturated rings. The number of aryl methyl sites for hydroxylation is 1. The third-order valence-corrected chi connectivity index (χ3v) is 4.42. The number of likely N-dealkylation sites (tertiary alicyclic amines) is 1. The number of rotatable bonds is 5. The van der Waals surface area contributed by atoms with E-state index in [2.05, 4.69) is 10.3 Å². The Morgan fingerprint density at radius 3 is 3.05 bits per heavy atom. The summed E-state index contributed by atoms with van der Waals surface area (Å²) in [6.45, 7) is 1.13. The van der Waals surface area contributed by atoms with Crippen LogP contribution in [-0.2, 0) is 16.0 Å². The molecule has 22 heavy (non-hydrogen) atoms. The summed E-state index contributed by atoms with van der Waals surface area (Å²) in [7, 11) is 1.34. The first kappa shape index (κ1) is 16.5. The zero-order valence-electron chi connectivity index (χ0n) is 12.7. The lowest BCUT2D eigenvalue weighted by Crippen LogP contribution is -2.52. The fourth-order valence-electron chi connectivity index (χ4n) is 2.58. The van der Waals surface area contributed by atoms with Gasteiger partial charge in [-0.25, -0.2) is 9.78 Å². The SMILES string of the molecule is COC(=O)N1CCCC[C@@H]1C(=O)NCCCc1csc(N)n1. The molecule has 2 heterocycles. The molecule has 1 aromatic heterocycles. The number of methoxy groups -OCH3 is 1. The number of nitrogens with two attached hydrogens (primary N) is 1. The highest BCUT2D eigenvalue weighted by Gasteiger charge is 2.32. The number of nitrogen functional groups attached to an aromatic ring is 1. The molecule has 0 radical (unpaired) electrons. The van der Waals surface area contributed by atoms with Crippen LogP contribution in [0.5, 0.6) is 0 Å². The van der Waals surface area contributed by atoms with Crippen molar-refractivity contribution in [1.29, 1.82) is 0 Å². The van der Waals surface area contributed by atoms with Gasteiger partial charge in [-0.2, -0.15) is 0 Å². The summed E-state index contributed by atoms with van der Waals surface area (Å²) in [5.74, 6) is -0.108. The maximum absolute atomic E-state index is 12.3. The van der Waals surface area contributed by atoms with Gasteiger partial charge < -0.3 is 15.8 Å². The van der Waals surface area contributed by atoms with Gasteiger partial charge in [0.1, 0.15) is 6.04 Å². The van der Waals surface area contributed by atoms with Crippen molar-refractivity contribution in [2.24, 2.45) is 0 Å². The molecule has 2 amide bonds. The molecule has 8 heteroatoms. The number of amides is 2. The number of ether oxygens (including phenoxy) is 1. The molecule has 0 bridgehead atoms. The number of aromatic nitrogens is 1. The number of nitrogens with one attached hydrogen (secondary N) is 1. The van der Waals surface area contributed by atoms with Gasteiger partial charge in [0.25, 0.3) is 0 Å². The van der Waals surface area contributed by atoms with Crippen molar-refractivity contribution in [3.8, 4) is 0 Å². The predicted molar refractivity (Wildman–Crippen MR) is 84.6 cm³/mol. The van der Waals surface area contributed by atoms with Gasteiger partial charge >= 0.3 is 6.09 Å². The number of nitrogens with zero attached hydrogens (tertiary/aromatic N) is 2. The molecule has 0 saturated carbocycles. The summed E-state index contributed by atoms with van der Waals surface area (Å²) >= 11 is 1.42. The van der Waals surface area contributed by atoms with Crippen molar-refractivity contribution >= 4 is 28.5 Å². The van der Waals surface area contributed by atoms with E-state index in [-0.39, 0.29) is 5.91 Å². The zero-order valence-corrected chi connectivity index (χ0v) is 13.5. The molecular weight excluding hydrogens is 304 g/mol. The van der Waals surface area contributed by atoms with Crippen molar-refractivity contribution in [2.45, 2.75) is 38.1 Å². The number of anilines is 1. The second-order valence-electron chi connectivity index (χ2n) is 5.25. The van der Waals surface area contributed by atoms with Crippen LogP contribution in [0.1, 0.15) is 31.4 Å². The first-order valence-corrected chi connectivity index (χ1v) is 8.32. The van der Waals surface area contributed by atoms with Gasteiger partial charge in [-0.05, 0) is 32.1 Å². The van der Waals surface area contributed by atoms with Gasteiger partial charge in [0.05, 0.1) is 12.8 Å². The Morgan fingerprint density at radius 1 is 1.55 bits per heavy atom. The summed E-state index contributed by atoms with van der Waals surface area (Å²) < 4.78 is 4.74. The lowest BCUT2D eigenvalue weighted by molar-refractivity contribution is -0.126. The smallest absolute Gasteiger partial charge is 0.410 e. The summed E-state index contributed by atoms with van der Waals surface area (Å²) in [5.41, 5.74) is 6.52. The quantitative estimate of drug-likeness (QED) is 0.797. The Morgan fingerprint density at radius 2 is 2.36 bits per heavy atom. The highest BCUT2D eigenvalue weighted by atomic mass is 32.1. The fourth-order valence-corrected chi connectivity index (χ4v) is 3.17. The Hall–Kier alpha value is -1.83. The second-order valence-corrected chi connectivity index (χ2v) is 6.14. The van der Waals surface area contributed by atoms with E-state index in [1.165, 1.54) is 23.3 Å². The fraction of sp³-hybridized carbons (Fsp3) is 0.643. The van der Waals surface area contributed by atoms with Crippen LogP contribution >= 0.6 is 11.3 Å². The van der Waals surface area contributed by atoms with Crippen LogP contribution in [-0.4, -0.2) is 48.1 Å². The van der Waals surface area contributed by atoms with Crippen LogP contribution in [0.15, 0.2) is 5.38 Å². The summed E-state index contributed by atoms with van der Waals surface area (Å²) in [5, 5.41) is 5.39. The molecule has 1 aromatic rings. The number of thiazole rings is 1. The van der Waals surface area contributed by atoms with Crippen LogP contribution in [0.25, 0.3) is 0 Å². The molecule has 1 aliphatic heterocycles. The summed E-state index contributed by atoms with van der Waals surface area (Å²) in [6, 6.07) is -0.420. The Kier molecular flexibility index (Phi) is 6.00. The molecule has 1 aliphatic rings. The zero-order chi connectivity index (χ0) is 15.9. The number of piperidine rings is 1. The molecule has 7 nitrogen and oxygen atoms in total. The summed E-state index contributed by atoms with van der Waals surface area (Å²) in [6.07, 6.45) is 3.68. The van der Waals surface area contributed by atoms with Crippen molar-refractivity contribution in [1.82, 2.24) is 15.2 Å². The van der Waals surface area contributed by atoms with Gasteiger partial charge in [0.15, 0.2) is 5.13 Å². The number of hydrogen-bond donors (Lipinski definition) is 2. The minimum atomic E-state index is -0.433. The van der Waals surface area contributed by atoms with E-state index < -0.39 is 12.1 Å². The van der Waals surface area contributed by atoms with Crippen LogP contribution in [0, 0.1) is 0 Å². The van der Waals surface area contributed by atoms with Gasteiger partial charge in [-0.3, -0.25) is 9.69 Å². The van der Waals surface area contributed by atoms with E-state index in [1.807, 2.05) is 5.38 Å². The maximum Gasteiger partial charge on any atom is 0.410 e. The van der Waals surface area contributed by atoms with Crippen molar-refractivity contribution in [3.63, 3.8) is 0 Å². The van der Waals surface area contributed by atoms with Gasteiger partial charge in [-0.15, -0.1) is 11.3 Å². The molecule has 0 aliphatic carbocycles. The predicted octanol–water partition coefficient (Wildman–Crippen LogP) is 1.39. The molecule has 3 N–H and O–H groups in total. The van der Waals surface area contributed by atoms with Crippen molar-refractivity contribution in [2.75, 3.05) is 25.9 Å². The minimum Gasteiger partial charge on any atom is -0.453 e. The topological polar surface area (TPSA) is 97.5 Å². The third-order valence-electron chi connectivity index (χ3n) is 3.69. The van der Waals surface area contributed by atoms with E-state index >= 15 is 0 Å². The number of carbonyl (C=O) groups excluding carboxylic acids is 2. The molecular formula is C14H22N4O3S. The Balaban J connectivity index is 1.76. The van der Waals surface area contributed by atoms with Crippen molar-refractivity contribution in [3.05, 3.63) is 11.1 Å². The number of carbonyl (C=O) groups is 2. The third kappa shape index (κ3) is 4.33. The molecule has 0 unspecified atom stereocenters. The van der Waals surface area contributed by atoms with Crippen LogP contribution in [0.4, 0.5) is 9.93 Å². The lowest BCUT2D eigenvalue weighted by Gasteiger charge is -2.33. The van der Waals surface area contributed by atoms with E-state index in [4.69, 9.17) is 10.5 Å². The first-order chi connectivity index (χ1) is 10.6. The van der Waals surface area contributed by atoms with E-state index in [1.54, 1.807) is 0 Å². The van der Waals surface area contributed by atoms with Gasteiger partial charge in [0, 0.05) is 18.5 Å². The highest BCUT2D eigenvalue weighted by Crippen LogP contribution is 2.18. The Bertz CT molecular complexity index is 520. The highest BCUT2D eigenvalue weighted by molar-refractivity contribution is 7.13. The summed E-state index contributed by atoms with van der Waals surface area (Å²) in [4.78, 5) is 29.6. The standard InChI is InChI=1S/C14H22N4O3S/c1-21-14(20)18-8-3-2-6-11(18)12(19)16-7-4-5-10-9-22-13(15)17-10/h9,11H,2-8H2,1H3,(H2,15,17)(H,16,19)/t11-/m1/s1. The number of hydrogen-bond acceptors (Lipinski definition) is 6. The van der Waals surface area contributed by atoms with Gasteiger partial charge in [-0.1, -0.05) is 0 Å². The van der Waals surface area contributed by atoms with Crippen LogP contribution in [0.3, 0.4) is 0 Å². The maximum atomic E-state index is 12.3. The first-order valence-electron chi connectivity index (χ1n) is 7.44. The lowest BCUT2D eigenvalue weighted by atomic mass is 10.0. The van der Waals surface area contributed by atoms with Gasteiger partial charge in [0.2, 0.25) is 5.91 Å². The molecule has 0 aromatic carbocycles. The Labute approximate surface area is 133 Å². The molecule has 0 spiro atoms.